The molecule has 1 N–H and O–H groups in total. The van der Waals surface area contributed by atoms with Crippen molar-refractivity contribution in [2.24, 2.45) is 0 Å². The van der Waals surface area contributed by atoms with E-state index in [0.29, 0.717) is 6.42 Å². The maximum Gasteiger partial charge on any atom is 0.251 e. The van der Waals surface area contributed by atoms with E-state index in [-0.39, 0.29) is 44.2 Å². The number of hydrogen-bond acceptors (Lipinski definition) is 4. The second kappa shape index (κ2) is 7.54. The van der Waals surface area contributed by atoms with Gasteiger partial charge in [0, 0.05) is 16.7 Å². The van der Waals surface area contributed by atoms with Gasteiger partial charge < -0.3 is 5.32 Å². The van der Waals surface area contributed by atoms with E-state index in [1.54, 1.807) is 12.1 Å². The molecule has 0 aromatic heterocycles. The molecule has 30 heavy (non-hydrogen) atoms. The lowest BCUT2D eigenvalue weighted by Crippen LogP contribution is -2.29. The highest BCUT2D eigenvalue weighted by atomic mass is 32.2. The first-order chi connectivity index (χ1) is 14.3. The average Bonchev–Trinajstić information content (AvgIpc) is 2.76. The van der Waals surface area contributed by atoms with Crippen LogP contribution in [0.3, 0.4) is 0 Å². The summed E-state index contributed by atoms with van der Waals surface area (Å²) in [6, 6.07) is 18.1. The Labute approximate surface area is 175 Å². The van der Waals surface area contributed by atoms with Gasteiger partial charge in [0.25, 0.3) is 5.91 Å². The zero-order valence-electron chi connectivity index (χ0n) is 16.7. The molecule has 1 atom stereocenters. The Morgan fingerprint density at radius 1 is 0.933 bits per heavy atom. The zero-order chi connectivity index (χ0) is 21.5. The predicted molar refractivity (Wildman–Crippen MR) is 113 cm³/mol. The lowest BCUT2D eigenvalue weighted by molar-refractivity contribution is 0.0933. The van der Waals surface area contributed by atoms with Gasteiger partial charge in [0.2, 0.25) is 9.84 Å². The smallest absolute Gasteiger partial charge is 0.251 e. The third-order valence-electron chi connectivity index (χ3n) is 5.39. The fourth-order valence-corrected chi connectivity index (χ4v) is 5.36. The first-order valence-corrected chi connectivity index (χ1v) is 11.2. The van der Waals surface area contributed by atoms with E-state index < -0.39 is 9.84 Å². The number of carbonyl (C=O) groups is 2. The van der Waals surface area contributed by atoms with Crippen molar-refractivity contribution in [3.05, 3.63) is 94.5 Å². The van der Waals surface area contributed by atoms with Crippen molar-refractivity contribution in [2.75, 3.05) is 0 Å². The third kappa shape index (κ3) is 3.33. The Morgan fingerprint density at radius 2 is 1.60 bits per heavy atom. The largest absolute Gasteiger partial charge is 0.345 e. The maximum absolute atomic E-state index is 13.1. The van der Waals surface area contributed by atoms with Crippen LogP contribution in [-0.4, -0.2) is 20.1 Å². The van der Waals surface area contributed by atoms with Crippen molar-refractivity contribution in [3.8, 4) is 0 Å². The molecule has 0 saturated carbocycles. The van der Waals surface area contributed by atoms with Gasteiger partial charge in [-0.15, -0.1) is 0 Å². The molecule has 1 aliphatic rings. The number of nitrogens with one attached hydrogen (secondary N) is 1. The number of carbonyl (C=O) groups excluding carboxylic acids is 2. The lowest BCUT2D eigenvalue weighted by Gasteiger charge is -2.21. The number of ketones is 1. The van der Waals surface area contributed by atoms with E-state index in [1.165, 1.54) is 30.3 Å². The summed E-state index contributed by atoms with van der Waals surface area (Å²) in [6.07, 6.45) is 0.684. The summed E-state index contributed by atoms with van der Waals surface area (Å²) in [5.41, 5.74) is 2.56. The van der Waals surface area contributed by atoms with Crippen molar-refractivity contribution in [1.82, 2.24) is 5.32 Å². The minimum absolute atomic E-state index is 0.0221. The fourth-order valence-electron chi connectivity index (χ4n) is 3.69. The topological polar surface area (TPSA) is 80.3 Å². The summed E-state index contributed by atoms with van der Waals surface area (Å²) in [6.45, 7) is 3.97. The number of sulfone groups is 1. The molecule has 3 aromatic rings. The van der Waals surface area contributed by atoms with Crippen LogP contribution in [0.5, 0.6) is 0 Å². The van der Waals surface area contributed by atoms with Gasteiger partial charge in [-0.1, -0.05) is 48.9 Å². The van der Waals surface area contributed by atoms with Crippen LogP contribution in [0.1, 0.15) is 56.8 Å². The molecule has 1 unspecified atom stereocenters. The second-order valence-corrected chi connectivity index (χ2v) is 9.27. The molecule has 5 nitrogen and oxygen atoms in total. The zero-order valence-corrected chi connectivity index (χ0v) is 17.5. The Balaban J connectivity index is 1.69. The number of amides is 1. The Bertz CT molecular complexity index is 1260. The third-order valence-corrected chi connectivity index (χ3v) is 7.24. The van der Waals surface area contributed by atoms with Crippen molar-refractivity contribution >= 4 is 21.5 Å². The molecule has 3 aromatic carbocycles. The molecule has 0 aliphatic carbocycles. The highest BCUT2D eigenvalue weighted by Gasteiger charge is 2.35. The molecule has 0 radical (unpaired) electrons. The van der Waals surface area contributed by atoms with Gasteiger partial charge in [-0.3, -0.25) is 9.59 Å². The van der Waals surface area contributed by atoms with E-state index in [0.717, 1.165) is 11.1 Å². The monoisotopic (exact) mass is 419 g/mol. The standard InChI is InChI=1S/C24H21NO4S/c1-3-20(16-10-8-15(2)9-11-16)25-24(27)17-12-13-19-22(14-17)30(28,29)21-7-5-4-6-18(21)23(19)26/h4-14,20H,3H2,1-2H3,(H,25,27). The number of aryl methyl sites for hydroxylation is 1. The Kier molecular flexibility index (Phi) is 5.03. The minimum atomic E-state index is -3.88. The van der Waals surface area contributed by atoms with E-state index >= 15 is 0 Å². The summed E-state index contributed by atoms with van der Waals surface area (Å²) in [5.74, 6) is -0.736. The van der Waals surface area contributed by atoms with Gasteiger partial charge in [-0.2, -0.15) is 0 Å². The fraction of sp³-hybridized carbons (Fsp3) is 0.167. The quantitative estimate of drug-likeness (QED) is 0.536. The molecule has 6 heteroatoms. The number of benzene rings is 3. The molecular weight excluding hydrogens is 398 g/mol. The van der Waals surface area contributed by atoms with Crippen LogP contribution in [0.15, 0.2) is 76.5 Å². The molecule has 1 amide bonds. The Morgan fingerprint density at radius 3 is 2.30 bits per heavy atom. The van der Waals surface area contributed by atoms with Gasteiger partial charge >= 0.3 is 0 Å². The summed E-state index contributed by atoms with van der Waals surface area (Å²) in [5, 5.41) is 2.96. The normalized spacial score (nSPS) is 15.1. The number of fused-ring (bicyclic) bond motifs is 2. The predicted octanol–water partition coefficient (Wildman–Crippen LogP) is 4.25. The van der Waals surface area contributed by atoms with Gasteiger partial charge in [-0.05, 0) is 49.2 Å². The molecule has 0 spiro atoms. The maximum atomic E-state index is 13.1. The summed E-state index contributed by atoms with van der Waals surface area (Å²) in [4.78, 5) is 25.5. The summed E-state index contributed by atoms with van der Waals surface area (Å²) >= 11 is 0. The summed E-state index contributed by atoms with van der Waals surface area (Å²) < 4.78 is 26.1. The number of hydrogen-bond donors (Lipinski definition) is 1. The van der Waals surface area contributed by atoms with E-state index in [4.69, 9.17) is 0 Å². The van der Waals surface area contributed by atoms with E-state index in [1.807, 2.05) is 38.1 Å². The highest BCUT2D eigenvalue weighted by molar-refractivity contribution is 7.91. The van der Waals surface area contributed by atoms with Gasteiger partial charge in [0.1, 0.15) is 0 Å². The van der Waals surface area contributed by atoms with Gasteiger partial charge in [0.05, 0.1) is 15.8 Å². The van der Waals surface area contributed by atoms with Crippen LogP contribution in [0.25, 0.3) is 0 Å². The molecule has 152 valence electrons. The van der Waals surface area contributed by atoms with Crippen molar-refractivity contribution in [1.29, 1.82) is 0 Å². The van der Waals surface area contributed by atoms with Crippen LogP contribution < -0.4 is 5.32 Å². The van der Waals surface area contributed by atoms with Crippen LogP contribution in [0.2, 0.25) is 0 Å². The first kappa shape index (κ1) is 20.0. The highest BCUT2D eigenvalue weighted by Crippen LogP contribution is 2.34. The molecule has 0 bridgehead atoms. The van der Waals surface area contributed by atoms with Gasteiger partial charge in [-0.25, -0.2) is 8.42 Å². The molecule has 0 fully saturated rings. The van der Waals surface area contributed by atoms with Crippen molar-refractivity contribution in [3.63, 3.8) is 0 Å². The van der Waals surface area contributed by atoms with Crippen LogP contribution in [0, 0.1) is 6.92 Å². The van der Waals surface area contributed by atoms with Crippen LogP contribution in [0.4, 0.5) is 0 Å². The van der Waals surface area contributed by atoms with Crippen molar-refractivity contribution < 1.29 is 18.0 Å². The molecule has 1 aliphatic heterocycles. The molecule has 4 rings (SSSR count). The molecular formula is C24H21NO4S. The average molecular weight is 420 g/mol. The SMILES string of the molecule is CCC(NC(=O)c1ccc2c(c1)S(=O)(=O)c1ccccc1C2=O)c1ccc(C)cc1. The van der Waals surface area contributed by atoms with Crippen molar-refractivity contribution in [2.45, 2.75) is 36.1 Å². The van der Waals surface area contributed by atoms with Crippen LogP contribution >= 0.6 is 0 Å². The van der Waals surface area contributed by atoms with Gasteiger partial charge in [0.15, 0.2) is 5.78 Å². The van der Waals surface area contributed by atoms with Crippen LogP contribution in [-0.2, 0) is 9.84 Å². The second-order valence-electron chi connectivity index (χ2n) is 7.38. The Hall–Kier alpha value is -3.25. The lowest BCUT2D eigenvalue weighted by atomic mass is 10.00. The minimum Gasteiger partial charge on any atom is -0.345 e. The molecule has 0 saturated heterocycles. The number of rotatable bonds is 4. The van der Waals surface area contributed by atoms with E-state index in [2.05, 4.69) is 5.32 Å². The molecule has 1 heterocycles. The van der Waals surface area contributed by atoms with E-state index in [9.17, 15) is 18.0 Å². The summed E-state index contributed by atoms with van der Waals surface area (Å²) in [7, 11) is -3.88. The first-order valence-electron chi connectivity index (χ1n) is 9.73.